The van der Waals surface area contributed by atoms with E-state index in [-0.39, 0.29) is 11.3 Å². The third-order valence-corrected chi connectivity index (χ3v) is 3.68. The number of halogens is 1. The van der Waals surface area contributed by atoms with Crippen LogP contribution in [0, 0.1) is 5.92 Å². The van der Waals surface area contributed by atoms with Crippen LogP contribution >= 0.6 is 11.6 Å². The van der Waals surface area contributed by atoms with E-state index >= 15 is 0 Å². The summed E-state index contributed by atoms with van der Waals surface area (Å²) < 4.78 is 7.06. The Kier molecular flexibility index (Phi) is 4.42. The van der Waals surface area contributed by atoms with E-state index in [1.54, 1.807) is 7.11 Å². The number of primary amides is 1. The van der Waals surface area contributed by atoms with Gasteiger partial charge in [0.1, 0.15) is 17.6 Å². The molecule has 21 heavy (non-hydrogen) atoms. The van der Waals surface area contributed by atoms with Gasteiger partial charge in [-0.2, -0.15) is 0 Å². The molecular formula is C15H20ClN3O2. The predicted octanol–water partition coefficient (Wildman–Crippen LogP) is 3.03. The molecule has 2 N–H and O–H groups in total. The SMILES string of the molecule is COc1ccc2c(c1)nc(C(C)Cl)n2C(C(N)=O)C(C)C. The number of nitrogens with zero attached hydrogens (tertiary/aromatic N) is 2. The van der Waals surface area contributed by atoms with E-state index in [1.165, 1.54) is 0 Å². The van der Waals surface area contributed by atoms with Gasteiger partial charge < -0.3 is 15.0 Å². The van der Waals surface area contributed by atoms with E-state index in [9.17, 15) is 4.79 Å². The van der Waals surface area contributed by atoms with Gasteiger partial charge in [0, 0.05) is 6.07 Å². The van der Waals surface area contributed by atoms with Crippen molar-refractivity contribution in [1.82, 2.24) is 9.55 Å². The van der Waals surface area contributed by atoms with Crippen molar-refractivity contribution in [2.24, 2.45) is 11.7 Å². The molecule has 6 heteroatoms. The number of methoxy groups -OCH3 is 1. The summed E-state index contributed by atoms with van der Waals surface area (Å²) in [7, 11) is 1.60. The molecule has 0 saturated heterocycles. The van der Waals surface area contributed by atoms with Gasteiger partial charge in [-0.1, -0.05) is 13.8 Å². The van der Waals surface area contributed by atoms with Crippen molar-refractivity contribution in [2.45, 2.75) is 32.2 Å². The standard InChI is InChI=1S/C15H20ClN3O2/c1-8(2)13(14(17)20)19-12-6-5-10(21-4)7-11(12)18-15(19)9(3)16/h5-9,13H,1-4H3,(H2,17,20). The first-order valence-corrected chi connectivity index (χ1v) is 7.29. The van der Waals surface area contributed by atoms with Crippen LogP contribution in [0.15, 0.2) is 18.2 Å². The van der Waals surface area contributed by atoms with Gasteiger partial charge in [0.2, 0.25) is 5.91 Å². The van der Waals surface area contributed by atoms with Crippen LogP contribution in [-0.4, -0.2) is 22.6 Å². The van der Waals surface area contributed by atoms with Crippen LogP contribution in [-0.2, 0) is 4.79 Å². The molecule has 1 aromatic heterocycles. The Morgan fingerprint density at radius 2 is 2.05 bits per heavy atom. The summed E-state index contributed by atoms with van der Waals surface area (Å²) in [5.74, 6) is 0.994. The minimum absolute atomic E-state index is 0.0381. The summed E-state index contributed by atoms with van der Waals surface area (Å²) in [4.78, 5) is 16.4. The normalized spacial score (nSPS) is 14.4. The molecule has 1 heterocycles. The second kappa shape index (κ2) is 5.93. The highest BCUT2D eigenvalue weighted by Gasteiger charge is 2.28. The minimum atomic E-state index is -0.486. The largest absolute Gasteiger partial charge is 0.497 e. The zero-order valence-corrected chi connectivity index (χ0v) is 13.4. The Balaban J connectivity index is 2.74. The first-order valence-electron chi connectivity index (χ1n) is 6.86. The maximum absolute atomic E-state index is 11.9. The van der Waals surface area contributed by atoms with E-state index in [4.69, 9.17) is 22.1 Å². The Morgan fingerprint density at radius 3 is 2.52 bits per heavy atom. The molecule has 2 unspecified atom stereocenters. The second-order valence-corrected chi connectivity index (χ2v) is 6.06. The molecule has 2 rings (SSSR count). The lowest BCUT2D eigenvalue weighted by molar-refractivity contribution is -0.122. The zero-order valence-electron chi connectivity index (χ0n) is 12.6. The molecule has 2 atom stereocenters. The Labute approximate surface area is 129 Å². The number of ether oxygens (including phenoxy) is 1. The molecule has 0 saturated carbocycles. The molecule has 5 nitrogen and oxygen atoms in total. The van der Waals surface area contributed by atoms with Gasteiger partial charge in [0.05, 0.1) is 23.5 Å². The van der Waals surface area contributed by atoms with Crippen molar-refractivity contribution in [2.75, 3.05) is 7.11 Å². The van der Waals surface area contributed by atoms with Crippen LogP contribution in [0.5, 0.6) is 5.75 Å². The van der Waals surface area contributed by atoms with Crippen LogP contribution in [0.2, 0.25) is 0 Å². The highest BCUT2D eigenvalue weighted by Crippen LogP contribution is 2.32. The summed E-state index contributed by atoms with van der Waals surface area (Å²) in [6.07, 6.45) is 0. The average molecular weight is 310 g/mol. The van der Waals surface area contributed by atoms with E-state index < -0.39 is 11.9 Å². The number of benzene rings is 1. The van der Waals surface area contributed by atoms with Crippen LogP contribution in [0.4, 0.5) is 0 Å². The fourth-order valence-electron chi connectivity index (χ4n) is 2.55. The van der Waals surface area contributed by atoms with Gasteiger partial charge in [0.25, 0.3) is 0 Å². The van der Waals surface area contributed by atoms with Gasteiger partial charge in [0.15, 0.2) is 0 Å². The average Bonchev–Trinajstić information content (AvgIpc) is 2.76. The number of nitrogens with two attached hydrogens (primary N) is 1. The monoisotopic (exact) mass is 309 g/mol. The first-order chi connectivity index (χ1) is 9.86. The molecular weight excluding hydrogens is 290 g/mol. The third-order valence-electron chi connectivity index (χ3n) is 3.48. The molecule has 0 spiro atoms. The van der Waals surface area contributed by atoms with Crippen molar-refractivity contribution >= 4 is 28.5 Å². The zero-order chi connectivity index (χ0) is 15.7. The number of hydrogen-bond donors (Lipinski definition) is 1. The molecule has 114 valence electrons. The molecule has 0 fully saturated rings. The fourth-order valence-corrected chi connectivity index (χ4v) is 2.70. The van der Waals surface area contributed by atoms with Gasteiger partial charge in [-0.15, -0.1) is 11.6 Å². The van der Waals surface area contributed by atoms with Gasteiger partial charge in [-0.05, 0) is 25.0 Å². The number of carbonyl (C=O) groups excluding carboxylic acids is 1. The van der Waals surface area contributed by atoms with Crippen molar-refractivity contribution in [1.29, 1.82) is 0 Å². The third kappa shape index (κ3) is 2.83. The quantitative estimate of drug-likeness (QED) is 0.863. The molecule has 0 aliphatic rings. The number of fused-ring (bicyclic) bond motifs is 1. The van der Waals surface area contributed by atoms with Crippen LogP contribution in [0.3, 0.4) is 0 Å². The molecule has 0 aliphatic carbocycles. The van der Waals surface area contributed by atoms with Crippen LogP contribution < -0.4 is 10.5 Å². The van der Waals surface area contributed by atoms with E-state index in [0.717, 1.165) is 11.0 Å². The summed E-state index contributed by atoms with van der Waals surface area (Å²) in [6, 6.07) is 5.05. The summed E-state index contributed by atoms with van der Waals surface area (Å²) in [5.41, 5.74) is 7.16. The van der Waals surface area contributed by atoms with Crippen molar-refractivity contribution < 1.29 is 9.53 Å². The highest BCUT2D eigenvalue weighted by molar-refractivity contribution is 6.20. The number of aromatic nitrogens is 2. The summed E-state index contributed by atoms with van der Waals surface area (Å²) >= 11 is 6.24. The van der Waals surface area contributed by atoms with Gasteiger partial charge in [-0.25, -0.2) is 4.98 Å². The smallest absolute Gasteiger partial charge is 0.240 e. The van der Waals surface area contributed by atoms with Crippen molar-refractivity contribution in [3.63, 3.8) is 0 Å². The number of imidazole rings is 1. The number of alkyl halides is 1. The lowest BCUT2D eigenvalue weighted by Gasteiger charge is -2.23. The summed E-state index contributed by atoms with van der Waals surface area (Å²) in [5, 5.41) is -0.330. The predicted molar refractivity (Wildman–Crippen MR) is 83.6 cm³/mol. The Bertz CT molecular complexity index is 664. The van der Waals surface area contributed by atoms with Crippen molar-refractivity contribution in [3.05, 3.63) is 24.0 Å². The topological polar surface area (TPSA) is 70.1 Å². The molecule has 1 aromatic carbocycles. The maximum Gasteiger partial charge on any atom is 0.240 e. The molecule has 1 amide bonds. The van der Waals surface area contributed by atoms with E-state index in [1.807, 2.05) is 43.5 Å². The number of amides is 1. The summed E-state index contributed by atoms with van der Waals surface area (Å²) in [6.45, 7) is 5.73. The first kappa shape index (κ1) is 15.6. The van der Waals surface area contributed by atoms with Crippen molar-refractivity contribution in [3.8, 4) is 5.75 Å². The lowest BCUT2D eigenvalue weighted by atomic mass is 10.0. The van der Waals surface area contributed by atoms with Gasteiger partial charge >= 0.3 is 0 Å². The second-order valence-electron chi connectivity index (χ2n) is 5.40. The van der Waals surface area contributed by atoms with Crippen LogP contribution in [0.25, 0.3) is 11.0 Å². The Hall–Kier alpha value is -1.75. The van der Waals surface area contributed by atoms with Gasteiger partial charge in [-0.3, -0.25) is 4.79 Å². The molecule has 2 aromatic rings. The number of hydrogen-bond acceptors (Lipinski definition) is 3. The minimum Gasteiger partial charge on any atom is -0.497 e. The highest BCUT2D eigenvalue weighted by atomic mass is 35.5. The Morgan fingerprint density at radius 1 is 1.38 bits per heavy atom. The molecule has 0 radical (unpaired) electrons. The number of rotatable bonds is 5. The molecule has 0 bridgehead atoms. The van der Waals surface area contributed by atoms with E-state index in [2.05, 4.69) is 4.98 Å². The van der Waals surface area contributed by atoms with Crippen LogP contribution in [0.1, 0.15) is 38.0 Å². The maximum atomic E-state index is 11.9. The lowest BCUT2D eigenvalue weighted by Crippen LogP contribution is -2.31. The fraction of sp³-hybridized carbons (Fsp3) is 0.467. The molecule has 0 aliphatic heterocycles. The number of carbonyl (C=O) groups is 1. The van der Waals surface area contributed by atoms with E-state index in [0.29, 0.717) is 11.6 Å².